The SMILES string of the molecule is N#C[C@H](C1CC1)N1CC(=O)OC[C@@H]1c1ccccc1. The predicted octanol–water partition coefficient (Wildman–Crippen LogP) is 1.89. The molecule has 0 bridgehead atoms. The van der Waals surface area contributed by atoms with Crippen LogP contribution in [0.15, 0.2) is 30.3 Å². The molecular weight excluding hydrogens is 240 g/mol. The van der Waals surface area contributed by atoms with Gasteiger partial charge in [-0.25, -0.2) is 0 Å². The van der Waals surface area contributed by atoms with E-state index in [1.165, 1.54) is 0 Å². The molecule has 1 saturated carbocycles. The number of ether oxygens (including phenoxy) is 1. The van der Waals surface area contributed by atoms with Gasteiger partial charge in [-0.1, -0.05) is 30.3 Å². The van der Waals surface area contributed by atoms with Crippen LogP contribution in [0.2, 0.25) is 0 Å². The maximum atomic E-state index is 11.5. The van der Waals surface area contributed by atoms with E-state index in [4.69, 9.17) is 4.74 Å². The van der Waals surface area contributed by atoms with Gasteiger partial charge < -0.3 is 4.74 Å². The minimum Gasteiger partial charge on any atom is -0.463 e. The third kappa shape index (κ3) is 2.47. The molecule has 2 fully saturated rings. The van der Waals surface area contributed by atoms with Crippen LogP contribution >= 0.6 is 0 Å². The first kappa shape index (κ1) is 12.2. The summed E-state index contributed by atoms with van der Waals surface area (Å²) in [5, 5.41) is 9.40. The number of cyclic esters (lactones) is 1. The highest BCUT2D eigenvalue weighted by Gasteiger charge is 2.41. The zero-order chi connectivity index (χ0) is 13.2. The van der Waals surface area contributed by atoms with Gasteiger partial charge in [0.25, 0.3) is 0 Å². The first-order valence-electron chi connectivity index (χ1n) is 6.65. The third-order valence-electron chi connectivity index (χ3n) is 3.86. The normalized spacial score (nSPS) is 25.4. The Bertz CT molecular complexity index is 505. The van der Waals surface area contributed by atoms with Gasteiger partial charge in [0.05, 0.1) is 18.7 Å². The van der Waals surface area contributed by atoms with Crippen molar-refractivity contribution in [2.75, 3.05) is 13.2 Å². The van der Waals surface area contributed by atoms with Crippen molar-refractivity contribution in [2.45, 2.75) is 24.9 Å². The van der Waals surface area contributed by atoms with Gasteiger partial charge in [0, 0.05) is 0 Å². The summed E-state index contributed by atoms with van der Waals surface area (Å²) in [5.74, 6) is 0.190. The molecule has 4 nitrogen and oxygen atoms in total. The molecule has 4 heteroatoms. The average Bonchev–Trinajstić information content (AvgIpc) is 3.26. The van der Waals surface area contributed by atoms with Crippen LogP contribution in [0.1, 0.15) is 24.4 Å². The molecule has 1 saturated heterocycles. The van der Waals surface area contributed by atoms with E-state index >= 15 is 0 Å². The molecule has 1 heterocycles. The largest absolute Gasteiger partial charge is 0.463 e. The van der Waals surface area contributed by atoms with E-state index in [0.717, 1.165) is 18.4 Å². The van der Waals surface area contributed by atoms with Gasteiger partial charge in [0.2, 0.25) is 0 Å². The van der Waals surface area contributed by atoms with Gasteiger partial charge in [0.15, 0.2) is 0 Å². The third-order valence-corrected chi connectivity index (χ3v) is 3.86. The molecule has 0 N–H and O–H groups in total. The summed E-state index contributed by atoms with van der Waals surface area (Å²) in [5.41, 5.74) is 1.11. The molecule has 1 aromatic carbocycles. The Morgan fingerprint density at radius 3 is 2.68 bits per heavy atom. The highest BCUT2D eigenvalue weighted by Crippen LogP contribution is 2.39. The standard InChI is InChI=1S/C15H16N2O2/c16-8-13(12-6-7-12)17-9-15(18)19-10-14(17)11-4-2-1-3-5-11/h1-5,12-14H,6-7,9-10H2/t13-,14-/m1/s1. The molecule has 0 radical (unpaired) electrons. The van der Waals surface area contributed by atoms with Gasteiger partial charge in [-0.3, -0.25) is 9.69 Å². The van der Waals surface area contributed by atoms with Crippen molar-refractivity contribution >= 4 is 5.97 Å². The number of benzene rings is 1. The van der Waals surface area contributed by atoms with Crippen LogP contribution in [0.4, 0.5) is 0 Å². The summed E-state index contributed by atoms with van der Waals surface area (Å²) in [4.78, 5) is 13.6. The Labute approximate surface area is 112 Å². The zero-order valence-corrected chi connectivity index (χ0v) is 10.7. The molecule has 19 heavy (non-hydrogen) atoms. The van der Waals surface area contributed by atoms with E-state index in [2.05, 4.69) is 6.07 Å². The fourth-order valence-electron chi connectivity index (χ4n) is 2.69. The second-order valence-corrected chi connectivity index (χ2v) is 5.19. The van der Waals surface area contributed by atoms with E-state index in [9.17, 15) is 10.1 Å². The zero-order valence-electron chi connectivity index (χ0n) is 10.7. The van der Waals surface area contributed by atoms with Crippen molar-refractivity contribution in [1.82, 2.24) is 4.90 Å². The van der Waals surface area contributed by atoms with Crippen molar-refractivity contribution < 1.29 is 9.53 Å². The molecule has 2 atom stereocenters. The van der Waals surface area contributed by atoms with Gasteiger partial charge >= 0.3 is 5.97 Å². The maximum absolute atomic E-state index is 11.5. The topological polar surface area (TPSA) is 53.3 Å². The van der Waals surface area contributed by atoms with Crippen molar-refractivity contribution in [3.63, 3.8) is 0 Å². The molecule has 2 aliphatic rings. The Balaban J connectivity index is 1.88. The number of hydrogen-bond donors (Lipinski definition) is 0. The Kier molecular flexibility index (Phi) is 3.22. The number of hydrogen-bond acceptors (Lipinski definition) is 4. The van der Waals surface area contributed by atoms with Crippen LogP contribution < -0.4 is 0 Å². The minimum absolute atomic E-state index is 0.00384. The highest BCUT2D eigenvalue weighted by atomic mass is 16.5. The van der Waals surface area contributed by atoms with Gasteiger partial charge in [-0.15, -0.1) is 0 Å². The lowest BCUT2D eigenvalue weighted by molar-refractivity contribution is -0.156. The summed E-state index contributed by atoms with van der Waals surface area (Å²) >= 11 is 0. The van der Waals surface area contributed by atoms with Gasteiger partial charge in [-0.05, 0) is 24.3 Å². The summed E-state index contributed by atoms with van der Waals surface area (Å²) in [7, 11) is 0. The number of rotatable bonds is 3. The minimum atomic E-state index is -0.229. The molecule has 1 aliphatic carbocycles. The smallest absolute Gasteiger partial charge is 0.320 e. The van der Waals surface area contributed by atoms with Gasteiger partial charge in [0.1, 0.15) is 12.6 Å². The number of morpholine rings is 1. The number of nitrogens with zero attached hydrogens (tertiary/aromatic N) is 2. The number of esters is 1. The number of carbonyl (C=O) groups is 1. The summed E-state index contributed by atoms with van der Waals surface area (Å²) in [6.45, 7) is 0.558. The molecular formula is C15H16N2O2. The van der Waals surface area contributed by atoms with Crippen molar-refractivity contribution in [1.29, 1.82) is 5.26 Å². The molecule has 0 amide bonds. The molecule has 0 aromatic heterocycles. The molecule has 0 unspecified atom stereocenters. The second kappa shape index (κ2) is 5.02. The van der Waals surface area contributed by atoms with E-state index < -0.39 is 0 Å². The lowest BCUT2D eigenvalue weighted by Crippen LogP contribution is -2.48. The van der Waals surface area contributed by atoms with Crippen LogP contribution in [-0.4, -0.2) is 30.1 Å². The Morgan fingerprint density at radius 2 is 2.05 bits per heavy atom. The van der Waals surface area contributed by atoms with Crippen LogP contribution in [0.25, 0.3) is 0 Å². The van der Waals surface area contributed by atoms with Gasteiger partial charge in [-0.2, -0.15) is 5.26 Å². The van der Waals surface area contributed by atoms with E-state index in [1.807, 2.05) is 35.2 Å². The fraction of sp³-hybridized carbons (Fsp3) is 0.467. The number of carbonyl (C=O) groups excluding carboxylic acids is 1. The Morgan fingerprint density at radius 1 is 1.32 bits per heavy atom. The van der Waals surface area contributed by atoms with E-state index in [1.54, 1.807) is 0 Å². The summed E-state index contributed by atoms with van der Waals surface area (Å²) in [6.07, 6.45) is 2.18. The second-order valence-electron chi connectivity index (χ2n) is 5.19. The van der Waals surface area contributed by atoms with Crippen LogP contribution in [0, 0.1) is 17.2 Å². The molecule has 3 rings (SSSR count). The Hall–Kier alpha value is -1.86. The lowest BCUT2D eigenvalue weighted by atomic mass is 10.0. The summed E-state index contributed by atoms with van der Waals surface area (Å²) < 4.78 is 5.18. The fourth-order valence-corrected chi connectivity index (χ4v) is 2.69. The quantitative estimate of drug-likeness (QED) is 0.775. The average molecular weight is 256 g/mol. The van der Waals surface area contributed by atoms with E-state index in [-0.39, 0.29) is 24.6 Å². The first-order chi connectivity index (χ1) is 9.29. The van der Waals surface area contributed by atoms with Crippen LogP contribution in [-0.2, 0) is 9.53 Å². The van der Waals surface area contributed by atoms with Crippen molar-refractivity contribution in [2.24, 2.45) is 5.92 Å². The molecule has 1 aromatic rings. The lowest BCUT2D eigenvalue weighted by Gasteiger charge is -2.37. The molecule has 1 aliphatic heterocycles. The van der Waals surface area contributed by atoms with Crippen molar-refractivity contribution in [3.8, 4) is 6.07 Å². The summed E-state index contributed by atoms with van der Waals surface area (Å²) in [6, 6.07) is 12.2. The molecule has 98 valence electrons. The highest BCUT2D eigenvalue weighted by molar-refractivity contribution is 5.72. The number of nitriles is 1. The first-order valence-corrected chi connectivity index (χ1v) is 6.65. The van der Waals surface area contributed by atoms with Crippen LogP contribution in [0.3, 0.4) is 0 Å². The van der Waals surface area contributed by atoms with Crippen molar-refractivity contribution in [3.05, 3.63) is 35.9 Å². The van der Waals surface area contributed by atoms with E-state index in [0.29, 0.717) is 12.5 Å². The molecule has 0 spiro atoms. The maximum Gasteiger partial charge on any atom is 0.320 e. The predicted molar refractivity (Wildman–Crippen MR) is 69.0 cm³/mol. The monoisotopic (exact) mass is 256 g/mol. The van der Waals surface area contributed by atoms with Crippen LogP contribution in [0.5, 0.6) is 0 Å².